The summed E-state index contributed by atoms with van der Waals surface area (Å²) in [5, 5.41) is 22.0. The predicted molar refractivity (Wildman–Crippen MR) is 52.3 cm³/mol. The third kappa shape index (κ3) is 2.66. The fourth-order valence-corrected chi connectivity index (χ4v) is 1.31. The Bertz CT molecular complexity index is 223. The van der Waals surface area contributed by atoms with Crippen LogP contribution in [0.4, 0.5) is 0 Å². The maximum absolute atomic E-state index is 9.58. The minimum Gasteiger partial charge on any atom is -0.388 e. The van der Waals surface area contributed by atoms with Gasteiger partial charge in [0.2, 0.25) is 0 Å². The average Bonchev–Trinajstić information content (AvgIpc) is 2.10. The topological polar surface area (TPSA) is 52.5 Å². The van der Waals surface area contributed by atoms with E-state index in [1.807, 2.05) is 19.1 Å². The van der Waals surface area contributed by atoms with Crippen LogP contribution in [-0.4, -0.2) is 36.0 Å². The first-order chi connectivity index (χ1) is 6.15. The molecule has 0 amide bonds. The third-order valence-electron chi connectivity index (χ3n) is 2.28. The first kappa shape index (κ1) is 10.4. The second-order valence-electron chi connectivity index (χ2n) is 3.45. The number of hydrogen-bond donors (Lipinski definition) is 3. The van der Waals surface area contributed by atoms with Crippen LogP contribution < -0.4 is 5.32 Å². The second-order valence-corrected chi connectivity index (χ2v) is 3.45. The fourth-order valence-electron chi connectivity index (χ4n) is 1.31. The van der Waals surface area contributed by atoms with Crippen LogP contribution >= 0.6 is 0 Å². The van der Waals surface area contributed by atoms with E-state index in [1.165, 1.54) is 0 Å². The van der Waals surface area contributed by atoms with E-state index in [0.29, 0.717) is 6.54 Å². The van der Waals surface area contributed by atoms with Crippen LogP contribution in [0.15, 0.2) is 23.8 Å². The molecule has 0 bridgehead atoms. The molecular formula is C10H17NO2. The van der Waals surface area contributed by atoms with E-state index >= 15 is 0 Å². The Hall–Kier alpha value is -0.640. The van der Waals surface area contributed by atoms with Crippen LogP contribution in [0.25, 0.3) is 0 Å². The summed E-state index contributed by atoms with van der Waals surface area (Å²) in [4.78, 5) is 0. The van der Waals surface area contributed by atoms with Crippen molar-refractivity contribution in [2.75, 3.05) is 13.6 Å². The molecule has 1 rings (SSSR count). The minimum atomic E-state index is -0.525. The molecule has 0 saturated carbocycles. The highest BCUT2D eigenvalue weighted by atomic mass is 16.3. The van der Waals surface area contributed by atoms with Gasteiger partial charge in [0.05, 0.1) is 12.2 Å². The summed E-state index contributed by atoms with van der Waals surface area (Å²) in [5.74, 6) is 0.144. The molecule has 3 unspecified atom stereocenters. The number of hydrogen-bond acceptors (Lipinski definition) is 3. The molecule has 3 nitrogen and oxygen atoms in total. The number of aliphatic hydroxyl groups is 2. The molecule has 3 atom stereocenters. The zero-order chi connectivity index (χ0) is 9.84. The lowest BCUT2D eigenvalue weighted by atomic mass is 9.93. The molecule has 0 aromatic carbocycles. The molecule has 3 N–H and O–H groups in total. The van der Waals surface area contributed by atoms with Crippen LogP contribution in [0.3, 0.4) is 0 Å². The van der Waals surface area contributed by atoms with Crippen molar-refractivity contribution < 1.29 is 10.2 Å². The molecule has 0 aromatic heterocycles. The van der Waals surface area contributed by atoms with E-state index in [2.05, 4.69) is 5.32 Å². The van der Waals surface area contributed by atoms with Crippen molar-refractivity contribution in [1.82, 2.24) is 5.32 Å². The second kappa shape index (κ2) is 4.56. The smallest absolute Gasteiger partial charge is 0.0912 e. The first-order valence-corrected chi connectivity index (χ1v) is 4.55. The Labute approximate surface area is 78.8 Å². The number of likely N-dealkylation sites (N-methyl/N-ethyl adjacent to an activating group) is 1. The van der Waals surface area contributed by atoms with Gasteiger partial charge in [-0.1, -0.05) is 19.1 Å². The Balaban J connectivity index is 2.61. The average molecular weight is 183 g/mol. The van der Waals surface area contributed by atoms with Crippen molar-refractivity contribution in [2.45, 2.75) is 19.1 Å². The number of aliphatic hydroxyl groups excluding tert-OH is 2. The van der Waals surface area contributed by atoms with Crippen LogP contribution in [0, 0.1) is 5.92 Å². The summed E-state index contributed by atoms with van der Waals surface area (Å²) in [6, 6.07) is 0. The summed E-state index contributed by atoms with van der Waals surface area (Å²) in [5.41, 5.74) is 0.792. The van der Waals surface area contributed by atoms with Gasteiger partial charge < -0.3 is 15.5 Å². The predicted octanol–water partition coefficient (Wildman–Crippen LogP) is 0.0599. The molecule has 74 valence electrons. The fraction of sp³-hybridized carbons (Fsp3) is 0.600. The molecular weight excluding hydrogens is 166 g/mol. The monoisotopic (exact) mass is 183 g/mol. The zero-order valence-corrected chi connectivity index (χ0v) is 8.07. The highest BCUT2D eigenvalue weighted by Crippen LogP contribution is 2.18. The number of nitrogens with one attached hydrogen (secondary N) is 1. The molecule has 0 fully saturated rings. The Morgan fingerprint density at radius 3 is 2.85 bits per heavy atom. The Morgan fingerprint density at radius 1 is 1.62 bits per heavy atom. The van der Waals surface area contributed by atoms with Gasteiger partial charge in [0.1, 0.15) is 0 Å². The molecule has 0 radical (unpaired) electrons. The molecule has 0 aromatic rings. The molecule has 13 heavy (non-hydrogen) atoms. The van der Waals surface area contributed by atoms with Crippen molar-refractivity contribution in [3.63, 3.8) is 0 Å². The van der Waals surface area contributed by atoms with Gasteiger partial charge in [-0.25, -0.2) is 0 Å². The van der Waals surface area contributed by atoms with E-state index in [9.17, 15) is 10.2 Å². The van der Waals surface area contributed by atoms with E-state index in [4.69, 9.17) is 0 Å². The van der Waals surface area contributed by atoms with Crippen molar-refractivity contribution >= 4 is 0 Å². The molecule has 0 saturated heterocycles. The van der Waals surface area contributed by atoms with Gasteiger partial charge >= 0.3 is 0 Å². The minimum absolute atomic E-state index is 0.144. The third-order valence-corrected chi connectivity index (χ3v) is 2.28. The lowest BCUT2D eigenvalue weighted by Gasteiger charge is -2.20. The van der Waals surface area contributed by atoms with Gasteiger partial charge in [0.15, 0.2) is 0 Å². The SMILES string of the molecule is CNCC(O)C1=CC(O)C(C)C=C1. The van der Waals surface area contributed by atoms with Crippen molar-refractivity contribution in [1.29, 1.82) is 0 Å². The van der Waals surface area contributed by atoms with Gasteiger partial charge in [-0.05, 0) is 18.7 Å². The largest absolute Gasteiger partial charge is 0.388 e. The molecule has 0 aliphatic heterocycles. The van der Waals surface area contributed by atoms with Gasteiger partial charge in [0, 0.05) is 12.5 Å². The molecule has 0 spiro atoms. The lowest BCUT2D eigenvalue weighted by molar-refractivity contribution is 0.172. The summed E-state index contributed by atoms with van der Waals surface area (Å²) in [6.45, 7) is 2.45. The summed E-state index contributed by atoms with van der Waals surface area (Å²) in [6.07, 6.45) is 4.51. The molecule has 1 aliphatic carbocycles. The molecule has 0 heterocycles. The highest BCUT2D eigenvalue weighted by molar-refractivity contribution is 5.29. The van der Waals surface area contributed by atoms with E-state index < -0.39 is 12.2 Å². The van der Waals surface area contributed by atoms with E-state index in [1.54, 1.807) is 13.1 Å². The highest BCUT2D eigenvalue weighted by Gasteiger charge is 2.17. The lowest BCUT2D eigenvalue weighted by Crippen LogP contribution is -2.27. The first-order valence-electron chi connectivity index (χ1n) is 4.55. The Morgan fingerprint density at radius 2 is 2.31 bits per heavy atom. The zero-order valence-electron chi connectivity index (χ0n) is 8.07. The summed E-state index contributed by atoms with van der Waals surface area (Å²) >= 11 is 0. The van der Waals surface area contributed by atoms with Crippen LogP contribution in [0.5, 0.6) is 0 Å². The van der Waals surface area contributed by atoms with Gasteiger partial charge in [0.25, 0.3) is 0 Å². The van der Waals surface area contributed by atoms with E-state index in [-0.39, 0.29) is 5.92 Å². The van der Waals surface area contributed by atoms with Crippen molar-refractivity contribution in [2.24, 2.45) is 5.92 Å². The van der Waals surface area contributed by atoms with Crippen molar-refractivity contribution in [3.8, 4) is 0 Å². The molecule has 1 aliphatic rings. The maximum Gasteiger partial charge on any atom is 0.0912 e. The summed E-state index contributed by atoms with van der Waals surface area (Å²) < 4.78 is 0. The van der Waals surface area contributed by atoms with Gasteiger partial charge in [-0.3, -0.25) is 0 Å². The summed E-state index contributed by atoms with van der Waals surface area (Å²) in [7, 11) is 1.79. The van der Waals surface area contributed by atoms with Gasteiger partial charge in [-0.15, -0.1) is 0 Å². The normalized spacial score (nSPS) is 30.0. The van der Waals surface area contributed by atoms with Crippen LogP contribution in [0.1, 0.15) is 6.92 Å². The quantitative estimate of drug-likeness (QED) is 0.580. The number of rotatable bonds is 3. The van der Waals surface area contributed by atoms with Gasteiger partial charge in [-0.2, -0.15) is 0 Å². The van der Waals surface area contributed by atoms with E-state index in [0.717, 1.165) is 5.57 Å². The maximum atomic E-state index is 9.58. The molecule has 3 heteroatoms. The Kier molecular flexibility index (Phi) is 3.66. The van der Waals surface area contributed by atoms with Crippen molar-refractivity contribution in [3.05, 3.63) is 23.8 Å². The van der Waals surface area contributed by atoms with Crippen LogP contribution in [-0.2, 0) is 0 Å². The van der Waals surface area contributed by atoms with Crippen LogP contribution in [0.2, 0.25) is 0 Å². The standard InChI is InChI=1S/C10H17NO2/c1-7-3-4-8(5-9(7)12)10(13)6-11-2/h3-5,7,9-13H,6H2,1-2H3.